The van der Waals surface area contributed by atoms with Crippen LogP contribution in [0.1, 0.15) is 32.8 Å². The van der Waals surface area contributed by atoms with Gasteiger partial charge >= 0.3 is 0 Å². The van der Waals surface area contributed by atoms with E-state index in [0.29, 0.717) is 24.5 Å². The third-order valence-corrected chi connectivity index (χ3v) is 5.59. The van der Waals surface area contributed by atoms with Crippen molar-refractivity contribution in [2.45, 2.75) is 6.42 Å². The van der Waals surface area contributed by atoms with E-state index in [0.717, 1.165) is 0 Å². The fraction of sp³-hybridized carbons (Fsp3) is 0.150. The van der Waals surface area contributed by atoms with E-state index < -0.39 is 28.2 Å². The molecular formula is C20H17Cl2FN4O4S. The van der Waals surface area contributed by atoms with Crippen molar-refractivity contribution in [3.05, 3.63) is 75.4 Å². The monoisotopic (exact) mass is 498 g/mol. The highest BCUT2D eigenvalue weighted by molar-refractivity contribution is 7.72. The third kappa shape index (κ3) is 5.84. The van der Waals surface area contributed by atoms with Gasteiger partial charge in [0, 0.05) is 24.1 Å². The lowest BCUT2D eigenvalue weighted by Crippen LogP contribution is -2.13. The molecule has 0 radical (unpaired) electrons. The molecule has 32 heavy (non-hydrogen) atoms. The molecule has 3 rings (SSSR count). The number of rotatable bonds is 9. The van der Waals surface area contributed by atoms with E-state index in [-0.39, 0.29) is 32.6 Å². The Kier molecular flexibility index (Phi) is 7.84. The number of aromatic amines is 1. The molecule has 0 saturated carbocycles. The van der Waals surface area contributed by atoms with Crippen molar-refractivity contribution in [2.24, 2.45) is 0 Å². The van der Waals surface area contributed by atoms with E-state index in [1.807, 2.05) is 0 Å². The maximum absolute atomic E-state index is 14.3. The van der Waals surface area contributed by atoms with Gasteiger partial charge in [-0.2, -0.15) is 0 Å². The van der Waals surface area contributed by atoms with Gasteiger partial charge in [0.25, 0.3) is 5.91 Å². The Morgan fingerprint density at radius 3 is 2.56 bits per heavy atom. The average molecular weight is 499 g/mol. The van der Waals surface area contributed by atoms with Crippen molar-refractivity contribution in [2.75, 3.05) is 22.9 Å². The number of ketones is 1. The molecule has 1 aromatic carbocycles. The summed E-state index contributed by atoms with van der Waals surface area (Å²) >= 11 is 11.7. The number of aromatic nitrogens is 2. The molecule has 2 heterocycles. The van der Waals surface area contributed by atoms with E-state index in [9.17, 15) is 22.4 Å². The van der Waals surface area contributed by atoms with Crippen molar-refractivity contribution in [1.82, 2.24) is 9.97 Å². The first-order valence-electron chi connectivity index (χ1n) is 9.26. The Labute approximate surface area is 194 Å². The van der Waals surface area contributed by atoms with Gasteiger partial charge in [0.15, 0.2) is 11.6 Å². The molecule has 0 saturated heterocycles. The van der Waals surface area contributed by atoms with E-state index in [1.165, 1.54) is 30.6 Å². The van der Waals surface area contributed by atoms with Crippen LogP contribution < -0.4 is 10.6 Å². The molecule has 8 nitrogen and oxygen atoms in total. The summed E-state index contributed by atoms with van der Waals surface area (Å²) in [6, 6.07) is 7.07. The lowest BCUT2D eigenvalue weighted by atomic mass is 10.0. The number of carbonyl (C=O) groups excluding carboxylic acids is 2. The fourth-order valence-electron chi connectivity index (χ4n) is 2.73. The van der Waals surface area contributed by atoms with Gasteiger partial charge in [-0.1, -0.05) is 23.2 Å². The highest BCUT2D eigenvalue weighted by Crippen LogP contribution is 2.28. The number of hydrogen-bond donors (Lipinski definition) is 4. The number of nitrogens with one attached hydrogen (secondary N) is 3. The quantitative estimate of drug-likeness (QED) is 0.154. The van der Waals surface area contributed by atoms with Crippen molar-refractivity contribution in [3.63, 3.8) is 0 Å². The molecule has 0 atom stereocenters. The summed E-state index contributed by atoms with van der Waals surface area (Å²) in [5, 5.41) is 5.26. The molecule has 3 N–H and O–H groups in total. The lowest BCUT2D eigenvalue weighted by molar-refractivity contribution is 0.102. The molecule has 168 valence electrons. The largest absolute Gasteiger partial charge is 0.370 e. The van der Waals surface area contributed by atoms with Gasteiger partial charge in [0.1, 0.15) is 22.2 Å². The number of hydrogen-bond acceptors (Lipinski definition) is 6. The summed E-state index contributed by atoms with van der Waals surface area (Å²) in [5.74, 6) is -1.57. The summed E-state index contributed by atoms with van der Waals surface area (Å²) in [6.45, 7) is 0.443. The predicted molar refractivity (Wildman–Crippen MR) is 121 cm³/mol. The highest BCUT2D eigenvalue weighted by atomic mass is 35.5. The van der Waals surface area contributed by atoms with Gasteiger partial charge in [-0.05, 0) is 36.8 Å². The van der Waals surface area contributed by atoms with Gasteiger partial charge in [-0.3, -0.25) is 9.59 Å². The van der Waals surface area contributed by atoms with Crippen LogP contribution in [0.25, 0.3) is 0 Å². The van der Waals surface area contributed by atoms with E-state index in [2.05, 4.69) is 20.6 Å². The average Bonchev–Trinajstić information content (AvgIpc) is 3.25. The van der Waals surface area contributed by atoms with Gasteiger partial charge in [0.2, 0.25) is 0 Å². The zero-order valence-electron chi connectivity index (χ0n) is 16.3. The summed E-state index contributed by atoms with van der Waals surface area (Å²) in [5.41, 5.74) is 0.130. The maximum atomic E-state index is 14.3. The Morgan fingerprint density at radius 1 is 1.12 bits per heavy atom. The fourth-order valence-corrected chi connectivity index (χ4v) is 3.54. The van der Waals surface area contributed by atoms with Crippen molar-refractivity contribution in [3.8, 4) is 0 Å². The Bertz CT molecular complexity index is 1220. The van der Waals surface area contributed by atoms with E-state index in [4.69, 9.17) is 23.2 Å². The molecular weight excluding hydrogens is 482 g/mol. The number of carbonyl (C=O) groups is 2. The first-order chi connectivity index (χ1) is 15.3. The van der Waals surface area contributed by atoms with Crippen LogP contribution in [0.2, 0.25) is 10.0 Å². The number of amides is 1. The molecule has 0 unspecified atom stereocenters. The molecule has 0 bridgehead atoms. The number of halogens is 3. The van der Waals surface area contributed by atoms with Gasteiger partial charge in [-0.15, -0.1) is 0 Å². The standard InChI is InChI=1S/C20H17Cl2FN4O4S/c21-13-3-4-14(22)18(23)17(13)19(28)11-8-15(25-9-11)20(29)27-12-2-5-16(26-10-12)24-6-1-7-32(30)31/h2-5,8-10,25,32H,1,6-7H2,(H,24,26)(H,27,29). The first-order valence-corrected chi connectivity index (χ1v) is 11.4. The zero-order valence-corrected chi connectivity index (χ0v) is 18.7. The van der Waals surface area contributed by atoms with Gasteiger partial charge in [-0.25, -0.2) is 17.8 Å². The van der Waals surface area contributed by atoms with Crippen LogP contribution in [0.5, 0.6) is 0 Å². The Hall–Kier alpha value is -2.95. The minimum absolute atomic E-state index is 0.0377. The first kappa shape index (κ1) is 23.7. The third-order valence-electron chi connectivity index (χ3n) is 4.31. The second kappa shape index (κ2) is 10.6. The minimum Gasteiger partial charge on any atom is -0.370 e. The van der Waals surface area contributed by atoms with Crippen LogP contribution in [-0.4, -0.2) is 42.4 Å². The van der Waals surface area contributed by atoms with Gasteiger partial charge in [0.05, 0.1) is 27.5 Å². The molecule has 0 spiro atoms. The van der Waals surface area contributed by atoms with Crippen molar-refractivity contribution >= 4 is 57.1 Å². The number of H-pyrrole nitrogens is 1. The molecule has 0 aliphatic carbocycles. The summed E-state index contributed by atoms with van der Waals surface area (Å²) in [6.07, 6.45) is 3.15. The van der Waals surface area contributed by atoms with Crippen LogP contribution in [0, 0.1) is 5.82 Å². The predicted octanol–water partition coefficient (Wildman–Crippen LogP) is 3.75. The van der Waals surface area contributed by atoms with Crippen LogP contribution >= 0.6 is 23.2 Å². The van der Waals surface area contributed by atoms with Crippen molar-refractivity contribution in [1.29, 1.82) is 0 Å². The zero-order chi connectivity index (χ0) is 23.3. The molecule has 0 aliphatic heterocycles. The summed E-state index contributed by atoms with van der Waals surface area (Å²) < 4.78 is 35.3. The SMILES string of the molecule is O=C(Nc1ccc(NCCC[SH](=O)=O)nc1)c1cc(C(=O)c2c(Cl)ccc(Cl)c2F)c[nH]1. The molecule has 0 aliphatic rings. The number of benzene rings is 1. The topological polar surface area (TPSA) is 121 Å². The van der Waals surface area contributed by atoms with E-state index in [1.54, 1.807) is 12.1 Å². The smallest absolute Gasteiger partial charge is 0.272 e. The number of nitrogens with zero attached hydrogens (tertiary/aromatic N) is 1. The van der Waals surface area contributed by atoms with Crippen LogP contribution in [0.4, 0.5) is 15.9 Å². The molecule has 12 heteroatoms. The maximum Gasteiger partial charge on any atom is 0.272 e. The Morgan fingerprint density at radius 2 is 1.88 bits per heavy atom. The second-order valence-corrected chi connectivity index (χ2v) is 8.50. The molecule has 1 amide bonds. The van der Waals surface area contributed by atoms with Crippen LogP contribution in [0.15, 0.2) is 42.7 Å². The summed E-state index contributed by atoms with van der Waals surface area (Å²) in [7, 11) is -2.40. The number of pyridine rings is 1. The minimum atomic E-state index is -2.40. The van der Waals surface area contributed by atoms with Crippen LogP contribution in [-0.2, 0) is 10.7 Å². The van der Waals surface area contributed by atoms with Crippen molar-refractivity contribution < 1.29 is 22.4 Å². The van der Waals surface area contributed by atoms with Gasteiger partial charge < -0.3 is 15.6 Å². The molecule has 0 fully saturated rings. The second-order valence-electron chi connectivity index (χ2n) is 6.57. The Balaban J connectivity index is 1.64. The molecule has 3 aromatic rings. The van der Waals surface area contributed by atoms with Crippen LogP contribution in [0.3, 0.4) is 0 Å². The normalized spacial score (nSPS) is 10.9. The van der Waals surface area contributed by atoms with E-state index >= 15 is 0 Å². The summed E-state index contributed by atoms with van der Waals surface area (Å²) in [4.78, 5) is 31.9. The molecule has 2 aromatic heterocycles. The number of thiol groups is 1. The lowest BCUT2D eigenvalue weighted by Gasteiger charge is -2.07. The number of anilines is 2. The highest BCUT2D eigenvalue weighted by Gasteiger charge is 2.22.